The highest BCUT2D eigenvalue weighted by Crippen LogP contribution is 2.55. The minimum Gasteiger partial charge on any atom is -0.489 e. The second-order valence-corrected chi connectivity index (χ2v) is 8.91. The molecule has 0 saturated carbocycles. The minimum atomic E-state index is -1.43. The smallest absolute Gasteiger partial charge is 0.271 e. The Kier molecular flexibility index (Phi) is 5.99. The Morgan fingerprint density at radius 1 is 1.21 bits per heavy atom. The monoisotopic (exact) mass is 464 g/mol. The van der Waals surface area contributed by atoms with Gasteiger partial charge in [0.05, 0.1) is 12.2 Å². The zero-order valence-corrected chi connectivity index (χ0v) is 19.4. The van der Waals surface area contributed by atoms with Gasteiger partial charge in [0.2, 0.25) is 16.7 Å². The van der Waals surface area contributed by atoms with Crippen molar-refractivity contribution in [2.24, 2.45) is 5.10 Å². The number of hydrogen-bond donors (Lipinski definition) is 1. The fourth-order valence-corrected chi connectivity index (χ4v) is 5.42. The maximum Gasteiger partial charge on any atom is 0.271 e. The largest absolute Gasteiger partial charge is 0.489 e. The number of fused-ring (bicyclic) bond motifs is 2. The number of para-hydroxylation sites is 2. The second-order valence-electron chi connectivity index (χ2n) is 7.73. The molecule has 170 valence electrons. The lowest BCUT2D eigenvalue weighted by atomic mass is 10.0. The summed E-state index contributed by atoms with van der Waals surface area (Å²) in [5, 5.41) is 8.28. The van der Waals surface area contributed by atoms with Gasteiger partial charge in [0, 0.05) is 25.0 Å². The Labute approximate surface area is 196 Å². The number of nitrogens with one attached hydrogen (secondary N) is 1. The maximum absolute atomic E-state index is 14.1. The molecule has 2 aromatic carbocycles. The van der Waals surface area contributed by atoms with E-state index in [0.29, 0.717) is 17.9 Å². The lowest BCUT2D eigenvalue weighted by Gasteiger charge is -2.29. The summed E-state index contributed by atoms with van der Waals surface area (Å²) in [6.07, 6.45) is 1.66. The van der Waals surface area contributed by atoms with Crippen molar-refractivity contribution in [3.8, 4) is 5.75 Å². The normalized spacial score (nSPS) is 18.9. The van der Waals surface area contributed by atoms with Crippen LogP contribution in [-0.4, -0.2) is 34.5 Å². The first kappa shape index (κ1) is 22.6. The van der Waals surface area contributed by atoms with Crippen molar-refractivity contribution in [2.45, 2.75) is 32.2 Å². The predicted octanol–water partition coefficient (Wildman–Crippen LogP) is 3.26. The predicted molar refractivity (Wildman–Crippen MR) is 128 cm³/mol. The SMILES string of the molecule is C=CCOc1ccccc1CN1C(=O)[C@]2(SC(NC(C)=O)=NN2C(C)=O)c2cccc(C)c21. The third kappa shape index (κ3) is 3.78. The number of nitrogens with zero attached hydrogens (tertiary/aromatic N) is 3. The number of rotatable bonds is 5. The van der Waals surface area contributed by atoms with Crippen molar-refractivity contribution in [1.82, 2.24) is 10.3 Å². The summed E-state index contributed by atoms with van der Waals surface area (Å²) in [7, 11) is 0. The van der Waals surface area contributed by atoms with Crippen LogP contribution in [0.2, 0.25) is 0 Å². The Balaban J connectivity index is 1.81. The second kappa shape index (κ2) is 8.74. The number of amides is 3. The molecule has 3 amide bonds. The van der Waals surface area contributed by atoms with Crippen LogP contribution in [0.25, 0.3) is 0 Å². The molecule has 1 spiro atoms. The van der Waals surface area contributed by atoms with E-state index in [2.05, 4.69) is 17.0 Å². The molecule has 0 saturated heterocycles. The van der Waals surface area contributed by atoms with Crippen LogP contribution in [0.4, 0.5) is 5.69 Å². The van der Waals surface area contributed by atoms with Gasteiger partial charge in [-0.15, -0.1) is 5.10 Å². The van der Waals surface area contributed by atoms with Crippen LogP contribution < -0.4 is 15.0 Å². The van der Waals surface area contributed by atoms with Gasteiger partial charge in [0.25, 0.3) is 5.91 Å². The first-order chi connectivity index (χ1) is 15.8. The van der Waals surface area contributed by atoms with Gasteiger partial charge >= 0.3 is 0 Å². The summed E-state index contributed by atoms with van der Waals surface area (Å²) in [6.45, 7) is 8.90. The van der Waals surface area contributed by atoms with Crippen molar-refractivity contribution >= 4 is 40.3 Å². The van der Waals surface area contributed by atoms with Crippen molar-refractivity contribution in [3.05, 3.63) is 71.8 Å². The van der Waals surface area contributed by atoms with Crippen molar-refractivity contribution in [3.63, 3.8) is 0 Å². The molecular weight excluding hydrogens is 440 g/mol. The van der Waals surface area contributed by atoms with Crippen LogP contribution >= 0.6 is 11.8 Å². The van der Waals surface area contributed by atoms with Crippen LogP contribution in [0, 0.1) is 6.92 Å². The third-order valence-electron chi connectivity index (χ3n) is 5.38. The summed E-state index contributed by atoms with van der Waals surface area (Å²) in [5.41, 5.74) is 3.08. The molecule has 1 atom stereocenters. The van der Waals surface area contributed by atoms with Crippen LogP contribution in [0.1, 0.15) is 30.5 Å². The quantitative estimate of drug-likeness (QED) is 0.686. The number of thioether (sulfide) groups is 1. The maximum atomic E-state index is 14.1. The summed E-state index contributed by atoms with van der Waals surface area (Å²) in [4.78, 5) is 38.6. The van der Waals surface area contributed by atoms with Gasteiger partial charge in [-0.25, -0.2) is 0 Å². The molecule has 1 N–H and O–H groups in total. The van der Waals surface area contributed by atoms with E-state index in [4.69, 9.17) is 4.74 Å². The molecular formula is C24H24N4O4S. The van der Waals surface area contributed by atoms with Crippen LogP contribution in [0.5, 0.6) is 5.75 Å². The molecule has 0 aromatic heterocycles. The van der Waals surface area contributed by atoms with E-state index in [1.165, 1.54) is 18.9 Å². The zero-order valence-electron chi connectivity index (χ0n) is 18.6. The van der Waals surface area contributed by atoms with E-state index in [9.17, 15) is 14.4 Å². The molecule has 8 nitrogen and oxygen atoms in total. The Morgan fingerprint density at radius 3 is 2.67 bits per heavy atom. The Bertz CT molecular complexity index is 1190. The number of carbonyl (C=O) groups is 3. The van der Waals surface area contributed by atoms with Crippen molar-refractivity contribution in [1.29, 1.82) is 0 Å². The van der Waals surface area contributed by atoms with Crippen LogP contribution in [0.15, 0.2) is 60.2 Å². The number of ether oxygens (including phenoxy) is 1. The summed E-state index contributed by atoms with van der Waals surface area (Å²) in [6, 6.07) is 13.1. The van der Waals surface area contributed by atoms with E-state index in [0.717, 1.165) is 28.6 Å². The topological polar surface area (TPSA) is 91.3 Å². The number of anilines is 1. The fraction of sp³-hybridized carbons (Fsp3) is 0.250. The zero-order chi connectivity index (χ0) is 23.8. The average molecular weight is 465 g/mol. The Morgan fingerprint density at radius 2 is 1.97 bits per heavy atom. The molecule has 0 unspecified atom stereocenters. The lowest BCUT2D eigenvalue weighted by Crippen LogP contribution is -2.48. The van der Waals surface area contributed by atoms with Crippen molar-refractivity contribution in [2.75, 3.05) is 11.5 Å². The van der Waals surface area contributed by atoms with Gasteiger partial charge < -0.3 is 15.0 Å². The van der Waals surface area contributed by atoms with Gasteiger partial charge in [0.1, 0.15) is 12.4 Å². The summed E-state index contributed by atoms with van der Waals surface area (Å²) >= 11 is 1.06. The molecule has 2 aliphatic rings. The average Bonchev–Trinajstić information content (AvgIpc) is 3.26. The van der Waals surface area contributed by atoms with E-state index in [-0.39, 0.29) is 23.5 Å². The number of amidine groups is 1. The minimum absolute atomic E-state index is 0.204. The first-order valence-electron chi connectivity index (χ1n) is 10.4. The molecule has 0 radical (unpaired) electrons. The third-order valence-corrected chi connectivity index (χ3v) is 6.62. The van der Waals surface area contributed by atoms with E-state index < -0.39 is 10.8 Å². The number of hydrogen-bond acceptors (Lipinski definition) is 6. The Hall–Kier alpha value is -3.59. The number of benzene rings is 2. The number of carbonyl (C=O) groups excluding carboxylic acids is 3. The van der Waals surface area contributed by atoms with Gasteiger partial charge in [-0.3, -0.25) is 14.4 Å². The molecule has 2 aromatic rings. The highest BCUT2D eigenvalue weighted by Gasteiger charge is 2.61. The number of aryl methyl sites for hydroxylation is 1. The highest BCUT2D eigenvalue weighted by atomic mass is 32.2. The highest BCUT2D eigenvalue weighted by molar-refractivity contribution is 8.15. The van der Waals surface area contributed by atoms with E-state index in [1.54, 1.807) is 11.0 Å². The summed E-state index contributed by atoms with van der Waals surface area (Å²) < 4.78 is 5.79. The first-order valence-corrected chi connectivity index (χ1v) is 11.2. The molecule has 2 aliphatic heterocycles. The molecule has 0 bridgehead atoms. The van der Waals surface area contributed by atoms with E-state index in [1.807, 2.05) is 49.4 Å². The summed E-state index contributed by atoms with van der Waals surface area (Å²) in [5.74, 6) is -0.393. The van der Waals surface area contributed by atoms with Gasteiger partial charge in [-0.1, -0.05) is 49.1 Å². The van der Waals surface area contributed by atoms with Crippen LogP contribution in [-0.2, 0) is 25.8 Å². The lowest BCUT2D eigenvalue weighted by molar-refractivity contribution is -0.139. The van der Waals surface area contributed by atoms with Gasteiger partial charge in [-0.2, -0.15) is 5.01 Å². The molecule has 33 heavy (non-hydrogen) atoms. The molecule has 4 rings (SSSR count). The van der Waals surface area contributed by atoms with Gasteiger partial charge in [-0.05, 0) is 30.3 Å². The van der Waals surface area contributed by atoms with Crippen molar-refractivity contribution < 1.29 is 19.1 Å². The molecule has 0 aliphatic carbocycles. The number of hydrazone groups is 1. The standard InChI is InChI=1S/C24H24N4O4S/c1-5-13-32-20-12-7-6-10-18(20)14-27-21-15(2)9-8-11-19(21)24(22(27)31)28(17(4)30)26-23(33-24)25-16(3)29/h5-12H,1,13-14H2,2-4H3,(H,25,26,29)/t24-/m1/s1. The molecule has 2 heterocycles. The van der Waals surface area contributed by atoms with Crippen LogP contribution in [0.3, 0.4) is 0 Å². The fourth-order valence-electron chi connectivity index (χ4n) is 4.10. The molecule has 0 fully saturated rings. The van der Waals surface area contributed by atoms with Gasteiger partial charge in [0.15, 0.2) is 5.17 Å². The van der Waals surface area contributed by atoms with E-state index >= 15 is 0 Å². The molecule has 9 heteroatoms.